The highest BCUT2D eigenvalue weighted by Gasteiger charge is 2.09. The van der Waals surface area contributed by atoms with Crippen LogP contribution in [0.4, 0.5) is 0 Å². The average molecular weight is 356 g/mol. The number of furan rings is 1. The summed E-state index contributed by atoms with van der Waals surface area (Å²) in [6.07, 6.45) is 2.56. The third-order valence-electron chi connectivity index (χ3n) is 3.95. The summed E-state index contributed by atoms with van der Waals surface area (Å²) in [7, 11) is 0. The fourth-order valence-corrected chi connectivity index (χ4v) is 2.32. The maximum absolute atomic E-state index is 12.3. The fourth-order valence-electron chi connectivity index (χ4n) is 2.32. The van der Waals surface area contributed by atoms with Gasteiger partial charge in [0.15, 0.2) is 5.96 Å². The van der Waals surface area contributed by atoms with Crippen molar-refractivity contribution in [2.75, 3.05) is 6.54 Å². The number of carbonyl (C=O) groups excluding carboxylic acids is 1. The monoisotopic (exact) mass is 356 g/mol. The Hall–Kier alpha value is -2.76. The maximum Gasteiger partial charge on any atom is 0.251 e. The Kier molecular flexibility index (Phi) is 7.74. The Balaban J connectivity index is 1.99. The van der Waals surface area contributed by atoms with Gasteiger partial charge in [0.1, 0.15) is 5.76 Å². The van der Waals surface area contributed by atoms with Gasteiger partial charge in [0, 0.05) is 18.2 Å². The number of aliphatic imine (C=N–C) groups is 1. The van der Waals surface area contributed by atoms with Gasteiger partial charge in [-0.05, 0) is 50.1 Å². The summed E-state index contributed by atoms with van der Waals surface area (Å²) in [6.45, 7) is 7.88. The van der Waals surface area contributed by atoms with Crippen LogP contribution in [-0.4, -0.2) is 24.5 Å². The number of guanidine groups is 1. The molecule has 3 N–H and O–H groups in total. The number of rotatable bonds is 8. The van der Waals surface area contributed by atoms with Crippen LogP contribution in [-0.2, 0) is 13.1 Å². The first-order chi connectivity index (χ1) is 12.6. The molecule has 1 unspecified atom stereocenters. The van der Waals surface area contributed by atoms with Crippen molar-refractivity contribution in [2.24, 2.45) is 4.99 Å². The number of carbonyl (C=O) groups is 1. The van der Waals surface area contributed by atoms with Crippen molar-refractivity contribution >= 4 is 11.9 Å². The number of nitrogens with zero attached hydrogens (tertiary/aromatic N) is 1. The van der Waals surface area contributed by atoms with Crippen LogP contribution in [0.25, 0.3) is 0 Å². The minimum Gasteiger partial charge on any atom is -0.467 e. The van der Waals surface area contributed by atoms with Gasteiger partial charge in [0.25, 0.3) is 5.91 Å². The molecule has 0 saturated heterocycles. The molecule has 2 rings (SSSR count). The van der Waals surface area contributed by atoms with Gasteiger partial charge >= 0.3 is 0 Å². The van der Waals surface area contributed by atoms with E-state index >= 15 is 0 Å². The van der Waals surface area contributed by atoms with Gasteiger partial charge in [-0.1, -0.05) is 19.1 Å². The summed E-state index contributed by atoms with van der Waals surface area (Å²) in [5.74, 6) is 1.51. The molecule has 0 fully saturated rings. The number of benzene rings is 1. The van der Waals surface area contributed by atoms with Gasteiger partial charge in [0.05, 0.1) is 19.4 Å². The Bertz CT molecular complexity index is 710. The minimum atomic E-state index is -0.0481. The highest BCUT2D eigenvalue weighted by atomic mass is 16.3. The van der Waals surface area contributed by atoms with Crippen LogP contribution in [0.2, 0.25) is 0 Å². The van der Waals surface area contributed by atoms with Gasteiger partial charge in [-0.15, -0.1) is 0 Å². The van der Waals surface area contributed by atoms with Crippen LogP contribution in [0.15, 0.2) is 52.1 Å². The second-order valence-electron chi connectivity index (χ2n) is 6.11. The fraction of sp³-hybridized carbons (Fsp3) is 0.400. The zero-order valence-corrected chi connectivity index (χ0v) is 15.7. The maximum atomic E-state index is 12.3. The lowest BCUT2D eigenvalue weighted by Gasteiger charge is -2.12. The van der Waals surface area contributed by atoms with Gasteiger partial charge < -0.3 is 20.4 Å². The molecular formula is C20H28N4O2. The molecular weight excluding hydrogens is 328 g/mol. The normalized spacial score (nSPS) is 12.5. The Morgan fingerprint density at radius 2 is 2.04 bits per heavy atom. The van der Waals surface area contributed by atoms with Crippen molar-refractivity contribution in [3.8, 4) is 0 Å². The molecule has 1 aromatic heterocycles. The van der Waals surface area contributed by atoms with Crippen LogP contribution < -0.4 is 16.0 Å². The Morgan fingerprint density at radius 1 is 1.19 bits per heavy atom. The molecule has 140 valence electrons. The number of hydrogen-bond donors (Lipinski definition) is 3. The van der Waals surface area contributed by atoms with Crippen molar-refractivity contribution in [1.29, 1.82) is 0 Å². The smallest absolute Gasteiger partial charge is 0.251 e. The number of amides is 1. The summed E-state index contributed by atoms with van der Waals surface area (Å²) < 4.78 is 5.32. The summed E-state index contributed by atoms with van der Waals surface area (Å²) in [5, 5.41) is 9.42. The van der Waals surface area contributed by atoms with Gasteiger partial charge in [0.2, 0.25) is 0 Å². The van der Waals surface area contributed by atoms with Crippen LogP contribution in [0.5, 0.6) is 0 Å². The zero-order chi connectivity index (χ0) is 18.8. The third kappa shape index (κ3) is 6.27. The third-order valence-corrected chi connectivity index (χ3v) is 3.95. The highest BCUT2D eigenvalue weighted by molar-refractivity contribution is 5.94. The molecule has 1 aromatic carbocycles. The van der Waals surface area contributed by atoms with E-state index in [4.69, 9.17) is 4.42 Å². The van der Waals surface area contributed by atoms with Crippen molar-refractivity contribution in [1.82, 2.24) is 16.0 Å². The minimum absolute atomic E-state index is 0.0481. The standard InChI is InChI=1S/C20H28N4O2/c1-4-15(3)24-19(25)17-9-6-8-16(12-17)13-22-20(21-5-2)23-14-18-10-7-11-26-18/h6-12,15H,4-5,13-14H2,1-3H3,(H,24,25)(H2,21,22,23). The van der Waals surface area contributed by atoms with Gasteiger partial charge in [-0.25, -0.2) is 4.99 Å². The highest BCUT2D eigenvalue weighted by Crippen LogP contribution is 2.08. The molecule has 1 atom stereocenters. The van der Waals surface area contributed by atoms with E-state index in [1.165, 1.54) is 0 Å². The van der Waals surface area contributed by atoms with E-state index in [0.29, 0.717) is 24.6 Å². The quantitative estimate of drug-likeness (QED) is 0.502. The van der Waals surface area contributed by atoms with E-state index in [2.05, 4.69) is 20.9 Å². The lowest BCUT2D eigenvalue weighted by atomic mass is 10.1. The number of hydrogen-bond acceptors (Lipinski definition) is 3. The van der Waals surface area contributed by atoms with Gasteiger partial charge in [-0.2, -0.15) is 0 Å². The van der Waals surface area contributed by atoms with Crippen molar-refractivity contribution < 1.29 is 9.21 Å². The van der Waals surface area contributed by atoms with E-state index in [-0.39, 0.29) is 11.9 Å². The molecule has 6 nitrogen and oxygen atoms in total. The SMILES string of the molecule is CCNC(=NCc1cccc(C(=O)NC(C)CC)c1)NCc1ccco1. The van der Waals surface area contributed by atoms with Crippen LogP contribution in [0.1, 0.15) is 48.9 Å². The largest absolute Gasteiger partial charge is 0.467 e. The molecule has 6 heteroatoms. The molecule has 0 saturated carbocycles. The molecule has 0 aliphatic rings. The van der Waals surface area contributed by atoms with Crippen molar-refractivity contribution in [3.63, 3.8) is 0 Å². The summed E-state index contributed by atoms with van der Waals surface area (Å²) >= 11 is 0. The molecule has 1 amide bonds. The zero-order valence-electron chi connectivity index (χ0n) is 15.7. The topological polar surface area (TPSA) is 78.7 Å². The van der Waals surface area contributed by atoms with Crippen molar-refractivity contribution in [3.05, 3.63) is 59.5 Å². The Morgan fingerprint density at radius 3 is 2.73 bits per heavy atom. The molecule has 26 heavy (non-hydrogen) atoms. The molecule has 0 bridgehead atoms. The van der Waals surface area contributed by atoms with Crippen LogP contribution in [0, 0.1) is 0 Å². The predicted molar refractivity (Wildman–Crippen MR) is 104 cm³/mol. The van der Waals surface area contributed by atoms with E-state index in [9.17, 15) is 4.79 Å². The first kappa shape index (κ1) is 19.6. The summed E-state index contributed by atoms with van der Waals surface area (Å²) in [4.78, 5) is 16.8. The molecule has 0 spiro atoms. The lowest BCUT2D eigenvalue weighted by molar-refractivity contribution is 0.0939. The molecule has 0 aliphatic heterocycles. The molecule has 1 heterocycles. The van der Waals surface area contributed by atoms with E-state index in [0.717, 1.165) is 24.3 Å². The average Bonchev–Trinajstić information content (AvgIpc) is 3.17. The first-order valence-corrected chi connectivity index (χ1v) is 9.06. The second-order valence-corrected chi connectivity index (χ2v) is 6.11. The lowest BCUT2D eigenvalue weighted by Crippen LogP contribution is -2.36. The van der Waals surface area contributed by atoms with Crippen LogP contribution in [0.3, 0.4) is 0 Å². The van der Waals surface area contributed by atoms with Crippen molar-refractivity contribution in [2.45, 2.75) is 46.3 Å². The Labute approximate surface area is 155 Å². The second kappa shape index (κ2) is 10.3. The number of nitrogens with one attached hydrogen (secondary N) is 3. The summed E-state index contributed by atoms with van der Waals surface area (Å²) in [6, 6.07) is 11.5. The van der Waals surface area contributed by atoms with Crippen LogP contribution >= 0.6 is 0 Å². The molecule has 0 radical (unpaired) electrons. The molecule has 0 aliphatic carbocycles. The van der Waals surface area contributed by atoms with E-state index in [1.807, 2.05) is 57.2 Å². The summed E-state index contributed by atoms with van der Waals surface area (Å²) in [5.41, 5.74) is 1.64. The first-order valence-electron chi connectivity index (χ1n) is 9.06. The van der Waals surface area contributed by atoms with E-state index in [1.54, 1.807) is 6.26 Å². The molecule has 2 aromatic rings. The van der Waals surface area contributed by atoms with E-state index < -0.39 is 0 Å². The van der Waals surface area contributed by atoms with Gasteiger partial charge in [-0.3, -0.25) is 4.79 Å². The predicted octanol–water partition coefficient (Wildman–Crippen LogP) is 3.06.